The number of hydrogen-bond donors (Lipinski definition) is 1. The molecule has 2 aliphatic rings. The van der Waals surface area contributed by atoms with E-state index in [4.69, 9.17) is 0 Å². The molecule has 1 unspecified atom stereocenters. The molecule has 0 aliphatic carbocycles. The Bertz CT molecular complexity index is 872. The van der Waals surface area contributed by atoms with E-state index >= 15 is 0 Å². The molecule has 1 aromatic heterocycles. The van der Waals surface area contributed by atoms with E-state index in [9.17, 15) is 4.39 Å². The molecule has 3 heterocycles. The summed E-state index contributed by atoms with van der Waals surface area (Å²) in [5, 5.41) is 7.85. The van der Waals surface area contributed by atoms with Crippen LogP contribution in [-0.4, -0.2) is 84.9 Å². The number of benzene rings is 1. The van der Waals surface area contributed by atoms with Crippen LogP contribution in [0.1, 0.15) is 24.3 Å². The Kier molecular flexibility index (Phi) is 7.06. The van der Waals surface area contributed by atoms with Gasteiger partial charge in [-0.1, -0.05) is 12.1 Å². The van der Waals surface area contributed by atoms with Crippen molar-refractivity contribution < 1.29 is 4.39 Å². The fourth-order valence-electron chi connectivity index (χ4n) is 4.63. The van der Waals surface area contributed by atoms with Gasteiger partial charge in [0.05, 0.1) is 11.9 Å². The zero-order valence-corrected chi connectivity index (χ0v) is 18.7. The average Bonchev–Trinajstić information content (AvgIpc) is 3.44. The Hall–Kier alpha value is -2.61. The number of hydrogen-bond acceptors (Lipinski definition) is 4. The van der Waals surface area contributed by atoms with Crippen LogP contribution >= 0.6 is 0 Å². The van der Waals surface area contributed by atoms with Gasteiger partial charge in [-0.2, -0.15) is 5.10 Å². The number of aryl methyl sites for hydroxylation is 1. The van der Waals surface area contributed by atoms with Gasteiger partial charge in [0.1, 0.15) is 5.82 Å². The third-order valence-corrected chi connectivity index (χ3v) is 6.40. The number of nitrogens with one attached hydrogen (secondary N) is 1. The van der Waals surface area contributed by atoms with Gasteiger partial charge in [-0.05, 0) is 37.1 Å². The summed E-state index contributed by atoms with van der Waals surface area (Å²) in [7, 11) is 3.83. The maximum absolute atomic E-state index is 14.0. The second-order valence-electron chi connectivity index (χ2n) is 8.49. The Labute approximate surface area is 184 Å². The van der Waals surface area contributed by atoms with E-state index < -0.39 is 0 Å². The number of aliphatic imine (C=N–C) groups is 1. The molecule has 7 nitrogen and oxygen atoms in total. The summed E-state index contributed by atoms with van der Waals surface area (Å²) >= 11 is 0. The predicted molar refractivity (Wildman–Crippen MR) is 123 cm³/mol. The highest BCUT2D eigenvalue weighted by molar-refractivity contribution is 5.80. The lowest BCUT2D eigenvalue weighted by Crippen LogP contribution is -2.47. The van der Waals surface area contributed by atoms with Crippen LogP contribution in [0.5, 0.6) is 0 Å². The van der Waals surface area contributed by atoms with E-state index in [-0.39, 0.29) is 5.82 Å². The van der Waals surface area contributed by atoms with E-state index in [1.165, 1.54) is 5.56 Å². The summed E-state index contributed by atoms with van der Waals surface area (Å²) in [6, 6.07) is 7.07. The van der Waals surface area contributed by atoms with Crippen molar-refractivity contribution in [3.05, 3.63) is 48.0 Å². The zero-order valence-electron chi connectivity index (χ0n) is 18.7. The first-order valence-electron chi connectivity index (χ1n) is 11.3. The van der Waals surface area contributed by atoms with Crippen molar-refractivity contribution in [1.29, 1.82) is 0 Å². The fraction of sp³-hybridized carbons (Fsp3) is 0.565. The monoisotopic (exact) mass is 427 g/mol. The van der Waals surface area contributed by atoms with Crippen LogP contribution in [-0.2, 0) is 7.05 Å². The summed E-state index contributed by atoms with van der Waals surface area (Å²) in [6.07, 6.45) is 6.31. The molecule has 2 fully saturated rings. The van der Waals surface area contributed by atoms with Crippen molar-refractivity contribution in [2.24, 2.45) is 12.0 Å². The normalized spacial score (nSPS) is 20.5. The third kappa shape index (κ3) is 5.36. The summed E-state index contributed by atoms with van der Waals surface area (Å²) in [5.74, 6) is 1.40. The van der Waals surface area contributed by atoms with Crippen molar-refractivity contribution in [3.8, 4) is 0 Å². The van der Waals surface area contributed by atoms with Crippen LogP contribution in [0, 0.1) is 5.82 Å². The minimum atomic E-state index is -0.126. The summed E-state index contributed by atoms with van der Waals surface area (Å²) in [6.45, 7) is 7.67. The largest absolute Gasteiger partial charge is 0.367 e. The molecule has 31 heavy (non-hydrogen) atoms. The smallest absolute Gasteiger partial charge is 0.193 e. The van der Waals surface area contributed by atoms with E-state index in [0.717, 1.165) is 76.8 Å². The lowest BCUT2D eigenvalue weighted by molar-refractivity contribution is 0.254. The standard InChI is InChI=1S/C23H34FN7/c1-25-23(31-11-8-19(18-31)20-16-27-28(2)17-20)26-9-5-10-29-12-14-30(15-13-29)22-7-4-3-6-21(22)24/h3-4,6-7,16-17,19H,5,8-15,18H2,1-2H3,(H,25,26). The minimum absolute atomic E-state index is 0.126. The van der Waals surface area contributed by atoms with Crippen LogP contribution < -0.4 is 10.2 Å². The summed E-state index contributed by atoms with van der Waals surface area (Å²) < 4.78 is 15.9. The SMILES string of the molecule is CN=C(NCCCN1CCN(c2ccccc2F)CC1)N1CCC(c2cnn(C)c2)C1. The molecule has 2 saturated heterocycles. The van der Waals surface area contributed by atoms with Crippen molar-refractivity contribution >= 4 is 11.6 Å². The Morgan fingerprint density at radius 2 is 2.00 bits per heavy atom. The Morgan fingerprint density at radius 1 is 1.19 bits per heavy atom. The molecule has 1 N–H and O–H groups in total. The van der Waals surface area contributed by atoms with Gasteiger partial charge < -0.3 is 15.1 Å². The highest BCUT2D eigenvalue weighted by atomic mass is 19.1. The molecule has 2 aromatic rings. The first-order valence-corrected chi connectivity index (χ1v) is 11.3. The van der Waals surface area contributed by atoms with Crippen molar-refractivity contribution in [2.75, 3.05) is 64.3 Å². The van der Waals surface area contributed by atoms with Gasteiger partial charge in [0, 0.05) is 72.0 Å². The number of aromatic nitrogens is 2. The van der Waals surface area contributed by atoms with Crippen LogP contribution in [0.3, 0.4) is 0 Å². The molecule has 0 bridgehead atoms. The van der Waals surface area contributed by atoms with Gasteiger partial charge in [-0.25, -0.2) is 4.39 Å². The van der Waals surface area contributed by atoms with Crippen LogP contribution in [0.4, 0.5) is 10.1 Å². The lowest BCUT2D eigenvalue weighted by Gasteiger charge is -2.36. The molecule has 0 radical (unpaired) electrons. The number of halogens is 1. The van der Waals surface area contributed by atoms with Gasteiger partial charge in [-0.15, -0.1) is 0 Å². The molecule has 0 amide bonds. The highest BCUT2D eigenvalue weighted by Crippen LogP contribution is 2.26. The number of guanidine groups is 1. The lowest BCUT2D eigenvalue weighted by atomic mass is 10.0. The van der Waals surface area contributed by atoms with Crippen molar-refractivity contribution in [3.63, 3.8) is 0 Å². The third-order valence-electron chi connectivity index (χ3n) is 6.40. The highest BCUT2D eigenvalue weighted by Gasteiger charge is 2.27. The molecule has 168 valence electrons. The second kappa shape index (κ2) is 10.1. The number of piperazine rings is 1. The number of rotatable bonds is 6. The maximum Gasteiger partial charge on any atom is 0.193 e. The van der Waals surface area contributed by atoms with Crippen molar-refractivity contribution in [2.45, 2.75) is 18.8 Å². The summed E-state index contributed by atoms with van der Waals surface area (Å²) in [4.78, 5) is 11.5. The van der Waals surface area contributed by atoms with E-state index in [2.05, 4.69) is 36.3 Å². The minimum Gasteiger partial charge on any atom is -0.367 e. The molecule has 2 aliphatic heterocycles. The Morgan fingerprint density at radius 3 is 2.71 bits per heavy atom. The van der Waals surface area contributed by atoms with Crippen LogP contribution in [0.25, 0.3) is 0 Å². The van der Waals surface area contributed by atoms with E-state index in [1.54, 1.807) is 12.1 Å². The molecule has 1 aromatic carbocycles. The van der Waals surface area contributed by atoms with Gasteiger partial charge in [0.2, 0.25) is 0 Å². The number of para-hydroxylation sites is 1. The quantitative estimate of drug-likeness (QED) is 0.435. The number of anilines is 1. The van der Waals surface area contributed by atoms with E-state index in [0.29, 0.717) is 5.92 Å². The molecular formula is C23H34FN7. The predicted octanol–water partition coefficient (Wildman–Crippen LogP) is 2.14. The number of nitrogens with zero attached hydrogens (tertiary/aromatic N) is 6. The summed E-state index contributed by atoms with van der Waals surface area (Å²) in [5.41, 5.74) is 2.04. The van der Waals surface area contributed by atoms with Crippen molar-refractivity contribution in [1.82, 2.24) is 24.9 Å². The molecule has 0 saturated carbocycles. The van der Waals surface area contributed by atoms with Gasteiger partial charge in [0.25, 0.3) is 0 Å². The number of likely N-dealkylation sites (tertiary alicyclic amines) is 1. The fourth-order valence-corrected chi connectivity index (χ4v) is 4.63. The molecule has 0 spiro atoms. The molecule has 4 rings (SSSR count). The maximum atomic E-state index is 14.0. The molecule has 1 atom stereocenters. The Balaban J connectivity index is 1.16. The van der Waals surface area contributed by atoms with Gasteiger partial charge >= 0.3 is 0 Å². The second-order valence-corrected chi connectivity index (χ2v) is 8.49. The molecule has 8 heteroatoms. The van der Waals surface area contributed by atoms with Crippen LogP contribution in [0.15, 0.2) is 41.7 Å². The van der Waals surface area contributed by atoms with Gasteiger partial charge in [-0.3, -0.25) is 14.6 Å². The van der Waals surface area contributed by atoms with Gasteiger partial charge in [0.15, 0.2) is 5.96 Å². The first-order chi connectivity index (χ1) is 15.1. The topological polar surface area (TPSA) is 51.9 Å². The zero-order chi connectivity index (χ0) is 21.6. The van der Waals surface area contributed by atoms with E-state index in [1.807, 2.05) is 37.1 Å². The first kappa shape index (κ1) is 21.6. The van der Waals surface area contributed by atoms with Crippen LogP contribution in [0.2, 0.25) is 0 Å². The molecular weight excluding hydrogens is 393 g/mol. The average molecular weight is 428 g/mol.